The van der Waals surface area contributed by atoms with Crippen LogP contribution in [-0.4, -0.2) is 34.9 Å². The lowest BCUT2D eigenvalue weighted by Gasteiger charge is -2.10. The number of ether oxygens (including phenoxy) is 1. The minimum Gasteiger partial charge on any atom is -0.376 e. The first-order chi connectivity index (χ1) is 10.6. The predicted octanol–water partition coefficient (Wildman–Crippen LogP) is 2.40. The standard InChI is InChI=1S/C17H21N3O2/c1-12-5-7-14(8-6-12)20-13(2)16(11-19-20)17(21)18-10-15-4-3-9-22-15/h5-8,11,15H,3-4,9-10H2,1-2H3,(H,18,21). The molecule has 1 aromatic heterocycles. The van der Waals surface area contributed by atoms with Crippen LogP contribution in [0.4, 0.5) is 0 Å². The maximum absolute atomic E-state index is 12.3. The van der Waals surface area contributed by atoms with E-state index in [0.29, 0.717) is 12.1 Å². The van der Waals surface area contributed by atoms with E-state index >= 15 is 0 Å². The van der Waals surface area contributed by atoms with Crippen LogP contribution in [0.5, 0.6) is 0 Å². The average molecular weight is 299 g/mol. The van der Waals surface area contributed by atoms with E-state index in [1.807, 2.05) is 38.1 Å². The SMILES string of the molecule is Cc1ccc(-n2ncc(C(=O)NCC3CCCO3)c2C)cc1. The fraction of sp³-hybridized carbons (Fsp3) is 0.412. The highest BCUT2D eigenvalue weighted by Gasteiger charge is 2.19. The summed E-state index contributed by atoms with van der Waals surface area (Å²) in [6.07, 6.45) is 3.86. The van der Waals surface area contributed by atoms with Crippen LogP contribution in [-0.2, 0) is 4.74 Å². The third-order valence-corrected chi connectivity index (χ3v) is 4.05. The number of carbonyl (C=O) groups is 1. The molecule has 0 aliphatic carbocycles. The normalized spacial score (nSPS) is 17.6. The van der Waals surface area contributed by atoms with Gasteiger partial charge in [-0.2, -0.15) is 5.10 Å². The maximum Gasteiger partial charge on any atom is 0.254 e. The van der Waals surface area contributed by atoms with Crippen LogP contribution in [0.25, 0.3) is 5.69 Å². The summed E-state index contributed by atoms with van der Waals surface area (Å²) in [5.41, 5.74) is 3.61. The van der Waals surface area contributed by atoms with Crippen molar-refractivity contribution in [1.82, 2.24) is 15.1 Å². The quantitative estimate of drug-likeness (QED) is 0.943. The van der Waals surface area contributed by atoms with Gasteiger partial charge in [-0.15, -0.1) is 0 Å². The Morgan fingerprint density at radius 2 is 2.14 bits per heavy atom. The summed E-state index contributed by atoms with van der Waals surface area (Å²) >= 11 is 0. The molecule has 0 radical (unpaired) electrons. The highest BCUT2D eigenvalue weighted by molar-refractivity contribution is 5.95. The minimum absolute atomic E-state index is 0.0913. The Morgan fingerprint density at radius 1 is 1.36 bits per heavy atom. The molecule has 5 nitrogen and oxygen atoms in total. The van der Waals surface area contributed by atoms with Gasteiger partial charge in [0.25, 0.3) is 5.91 Å². The monoisotopic (exact) mass is 299 g/mol. The van der Waals surface area contributed by atoms with Gasteiger partial charge in [0.15, 0.2) is 0 Å². The zero-order chi connectivity index (χ0) is 15.5. The molecule has 1 N–H and O–H groups in total. The first-order valence-corrected chi connectivity index (χ1v) is 7.66. The second-order valence-electron chi connectivity index (χ2n) is 5.74. The predicted molar refractivity (Wildman–Crippen MR) is 84.3 cm³/mol. The van der Waals surface area contributed by atoms with E-state index in [4.69, 9.17) is 4.74 Å². The highest BCUT2D eigenvalue weighted by Crippen LogP contribution is 2.15. The molecule has 2 aromatic rings. The van der Waals surface area contributed by atoms with Crippen molar-refractivity contribution in [1.29, 1.82) is 0 Å². The molecule has 5 heteroatoms. The molecule has 3 rings (SSSR count). The van der Waals surface area contributed by atoms with Gasteiger partial charge in [-0.3, -0.25) is 4.79 Å². The Labute approximate surface area is 130 Å². The largest absolute Gasteiger partial charge is 0.376 e. The molecule has 0 bridgehead atoms. The van der Waals surface area contributed by atoms with Crippen molar-refractivity contribution in [2.24, 2.45) is 0 Å². The van der Waals surface area contributed by atoms with Gasteiger partial charge in [-0.25, -0.2) is 4.68 Å². The lowest BCUT2D eigenvalue weighted by Crippen LogP contribution is -2.32. The fourth-order valence-corrected chi connectivity index (χ4v) is 2.69. The first-order valence-electron chi connectivity index (χ1n) is 7.66. The van der Waals surface area contributed by atoms with Gasteiger partial charge >= 0.3 is 0 Å². The van der Waals surface area contributed by atoms with Gasteiger partial charge in [-0.1, -0.05) is 17.7 Å². The third kappa shape index (κ3) is 3.04. The molecule has 1 amide bonds. The number of nitrogens with one attached hydrogen (secondary N) is 1. The molecule has 116 valence electrons. The molecule has 1 aliphatic rings. The van der Waals surface area contributed by atoms with Crippen molar-refractivity contribution in [3.63, 3.8) is 0 Å². The van der Waals surface area contributed by atoms with Crippen LogP contribution in [0, 0.1) is 13.8 Å². The van der Waals surface area contributed by atoms with E-state index in [0.717, 1.165) is 30.8 Å². The average Bonchev–Trinajstić information content (AvgIpc) is 3.15. The van der Waals surface area contributed by atoms with Crippen molar-refractivity contribution < 1.29 is 9.53 Å². The van der Waals surface area contributed by atoms with Crippen LogP contribution in [0.3, 0.4) is 0 Å². The van der Waals surface area contributed by atoms with Gasteiger partial charge in [0.1, 0.15) is 0 Å². The number of hydrogen-bond donors (Lipinski definition) is 1. The Hall–Kier alpha value is -2.14. The van der Waals surface area contributed by atoms with Crippen molar-refractivity contribution in [2.45, 2.75) is 32.8 Å². The molecule has 1 atom stereocenters. The molecule has 1 saturated heterocycles. The topological polar surface area (TPSA) is 56.2 Å². The van der Waals surface area contributed by atoms with Crippen LogP contribution >= 0.6 is 0 Å². The van der Waals surface area contributed by atoms with Crippen molar-refractivity contribution in [3.05, 3.63) is 47.3 Å². The van der Waals surface area contributed by atoms with Crippen LogP contribution in [0.2, 0.25) is 0 Å². The second kappa shape index (κ2) is 6.32. The number of aromatic nitrogens is 2. The molecule has 1 aliphatic heterocycles. The van der Waals surface area contributed by atoms with E-state index in [9.17, 15) is 4.79 Å². The molecule has 0 saturated carbocycles. The number of amides is 1. The number of rotatable bonds is 4. The van der Waals surface area contributed by atoms with E-state index < -0.39 is 0 Å². The Kier molecular flexibility index (Phi) is 4.24. The van der Waals surface area contributed by atoms with Gasteiger partial charge in [0, 0.05) is 13.2 Å². The molecular weight excluding hydrogens is 278 g/mol. The molecule has 1 unspecified atom stereocenters. The van der Waals surface area contributed by atoms with E-state index in [1.54, 1.807) is 10.9 Å². The number of aryl methyl sites for hydroxylation is 1. The fourth-order valence-electron chi connectivity index (χ4n) is 2.69. The van der Waals surface area contributed by atoms with Crippen molar-refractivity contribution >= 4 is 5.91 Å². The zero-order valence-electron chi connectivity index (χ0n) is 13.0. The lowest BCUT2D eigenvalue weighted by atomic mass is 10.2. The Morgan fingerprint density at radius 3 is 2.82 bits per heavy atom. The maximum atomic E-state index is 12.3. The smallest absolute Gasteiger partial charge is 0.254 e. The number of hydrogen-bond acceptors (Lipinski definition) is 3. The molecule has 1 fully saturated rings. The second-order valence-corrected chi connectivity index (χ2v) is 5.74. The summed E-state index contributed by atoms with van der Waals surface area (Å²) in [4.78, 5) is 12.3. The third-order valence-electron chi connectivity index (χ3n) is 4.05. The molecule has 2 heterocycles. The molecule has 22 heavy (non-hydrogen) atoms. The summed E-state index contributed by atoms with van der Waals surface area (Å²) in [5.74, 6) is -0.0913. The van der Waals surface area contributed by atoms with E-state index in [2.05, 4.69) is 10.4 Å². The summed E-state index contributed by atoms with van der Waals surface area (Å²) in [5, 5.41) is 7.28. The van der Waals surface area contributed by atoms with Gasteiger partial charge in [0.05, 0.1) is 29.2 Å². The molecular formula is C17H21N3O2. The number of benzene rings is 1. The van der Waals surface area contributed by atoms with Crippen LogP contribution in [0.1, 0.15) is 34.5 Å². The van der Waals surface area contributed by atoms with E-state index in [-0.39, 0.29) is 12.0 Å². The summed E-state index contributed by atoms with van der Waals surface area (Å²) < 4.78 is 7.31. The van der Waals surface area contributed by atoms with Gasteiger partial charge in [-0.05, 0) is 38.8 Å². The number of carbonyl (C=O) groups excluding carboxylic acids is 1. The molecule has 1 aromatic carbocycles. The Bertz CT molecular complexity index is 655. The number of nitrogens with zero attached hydrogens (tertiary/aromatic N) is 2. The summed E-state index contributed by atoms with van der Waals surface area (Å²) in [6.45, 7) is 5.32. The van der Waals surface area contributed by atoms with Gasteiger partial charge in [0.2, 0.25) is 0 Å². The first kappa shape index (κ1) is 14.8. The van der Waals surface area contributed by atoms with Gasteiger partial charge < -0.3 is 10.1 Å². The summed E-state index contributed by atoms with van der Waals surface area (Å²) in [7, 11) is 0. The Balaban J connectivity index is 1.72. The minimum atomic E-state index is -0.0913. The molecule has 0 spiro atoms. The van der Waals surface area contributed by atoms with E-state index in [1.165, 1.54) is 5.56 Å². The lowest BCUT2D eigenvalue weighted by molar-refractivity contribution is 0.0857. The van der Waals surface area contributed by atoms with Crippen LogP contribution in [0.15, 0.2) is 30.5 Å². The highest BCUT2D eigenvalue weighted by atomic mass is 16.5. The van der Waals surface area contributed by atoms with Crippen LogP contribution < -0.4 is 5.32 Å². The zero-order valence-corrected chi connectivity index (χ0v) is 13.0. The summed E-state index contributed by atoms with van der Waals surface area (Å²) in [6, 6.07) is 8.08. The van der Waals surface area contributed by atoms with Crippen molar-refractivity contribution in [3.8, 4) is 5.69 Å². The van der Waals surface area contributed by atoms with Crippen molar-refractivity contribution in [2.75, 3.05) is 13.2 Å².